The largest absolute Gasteiger partial charge is 0.344 e. The highest BCUT2D eigenvalue weighted by Crippen LogP contribution is 1.73. The Bertz CT molecular complexity index is 342. The van der Waals surface area contributed by atoms with Crippen LogP contribution in [0.15, 0.2) is 21.7 Å². The van der Waals surface area contributed by atoms with Crippen LogP contribution in [0.1, 0.15) is 0 Å². The second-order valence-electron chi connectivity index (χ2n) is 2.18. The van der Waals surface area contributed by atoms with Crippen molar-refractivity contribution < 1.29 is 0 Å². The normalized spacial score (nSPS) is 11.1. The lowest BCUT2D eigenvalue weighted by Gasteiger charge is -1.89. The number of nitrogens with one attached hydrogen (secondary N) is 2. The van der Waals surface area contributed by atoms with E-state index < -0.39 is 11.4 Å². The van der Waals surface area contributed by atoms with E-state index in [-0.39, 0.29) is 6.54 Å². The van der Waals surface area contributed by atoms with Crippen LogP contribution < -0.4 is 17.1 Å². The van der Waals surface area contributed by atoms with Gasteiger partial charge in [-0.1, -0.05) is 12.2 Å². The molecule has 0 saturated heterocycles. The Morgan fingerprint density at radius 2 is 1.83 bits per heavy atom. The summed E-state index contributed by atoms with van der Waals surface area (Å²) in [6.45, 7) is 0.645. The van der Waals surface area contributed by atoms with E-state index in [1.54, 1.807) is 12.2 Å². The highest BCUT2D eigenvalue weighted by molar-refractivity contribution is 4.84. The zero-order chi connectivity index (χ0) is 8.97. The van der Waals surface area contributed by atoms with Crippen molar-refractivity contribution in [3.63, 3.8) is 0 Å². The van der Waals surface area contributed by atoms with Crippen molar-refractivity contribution in [2.24, 2.45) is 5.73 Å². The second-order valence-corrected chi connectivity index (χ2v) is 2.18. The summed E-state index contributed by atoms with van der Waals surface area (Å²) in [7, 11) is 0. The Morgan fingerprint density at radius 3 is 2.33 bits per heavy atom. The number of H-pyrrole nitrogens is 2. The Hall–Kier alpha value is -1.56. The van der Waals surface area contributed by atoms with Gasteiger partial charge in [-0.3, -0.25) is 0 Å². The quantitative estimate of drug-likeness (QED) is 0.475. The van der Waals surface area contributed by atoms with Crippen LogP contribution in [-0.2, 0) is 6.54 Å². The summed E-state index contributed by atoms with van der Waals surface area (Å²) in [5.74, 6) is 0. The molecule has 0 amide bonds. The molecule has 0 aliphatic rings. The topological polar surface area (TPSA) is 96.7 Å². The maximum Gasteiger partial charge on any atom is 0.344 e. The molecule has 1 aromatic heterocycles. The van der Waals surface area contributed by atoms with Gasteiger partial charge in [0.1, 0.15) is 0 Å². The summed E-state index contributed by atoms with van der Waals surface area (Å²) in [5, 5.41) is 4.34. The molecule has 12 heavy (non-hydrogen) atoms. The van der Waals surface area contributed by atoms with E-state index in [0.29, 0.717) is 6.54 Å². The SMILES string of the molecule is NC/C=C/Cn1c(=O)[nH][nH]c1=O. The molecule has 0 aromatic carbocycles. The summed E-state index contributed by atoms with van der Waals surface area (Å²) in [5.41, 5.74) is 4.29. The minimum absolute atomic E-state index is 0.245. The van der Waals surface area contributed by atoms with E-state index in [9.17, 15) is 9.59 Å². The molecule has 6 nitrogen and oxygen atoms in total. The number of aromatic amines is 2. The van der Waals surface area contributed by atoms with Gasteiger partial charge in [0.05, 0.1) is 6.54 Å². The van der Waals surface area contributed by atoms with Crippen LogP contribution in [0, 0.1) is 0 Å². The van der Waals surface area contributed by atoms with Crippen LogP contribution in [0.2, 0.25) is 0 Å². The fourth-order valence-corrected chi connectivity index (χ4v) is 0.776. The Balaban J connectivity index is 2.82. The van der Waals surface area contributed by atoms with E-state index in [1.165, 1.54) is 0 Å². The summed E-state index contributed by atoms with van der Waals surface area (Å²) in [6, 6.07) is 0. The molecule has 0 unspecified atom stereocenters. The molecule has 4 N–H and O–H groups in total. The third kappa shape index (κ3) is 1.73. The molecule has 1 heterocycles. The van der Waals surface area contributed by atoms with Gasteiger partial charge in [-0.2, -0.15) is 0 Å². The van der Waals surface area contributed by atoms with Gasteiger partial charge in [0, 0.05) is 6.54 Å². The first-order valence-corrected chi connectivity index (χ1v) is 3.48. The van der Waals surface area contributed by atoms with E-state index in [0.717, 1.165) is 4.57 Å². The standard InChI is InChI=1S/C6H10N4O2/c7-3-1-2-4-10-5(11)8-9-6(10)12/h1-2H,3-4,7H2,(H,8,11)(H,9,12)/b2-1+. The van der Waals surface area contributed by atoms with Gasteiger partial charge < -0.3 is 5.73 Å². The molecule has 0 radical (unpaired) electrons. The second kappa shape index (κ2) is 3.72. The van der Waals surface area contributed by atoms with Crippen molar-refractivity contribution in [1.82, 2.24) is 14.8 Å². The van der Waals surface area contributed by atoms with Gasteiger partial charge in [-0.15, -0.1) is 0 Å². The van der Waals surface area contributed by atoms with Crippen molar-refractivity contribution in [1.29, 1.82) is 0 Å². The third-order valence-corrected chi connectivity index (χ3v) is 1.36. The van der Waals surface area contributed by atoms with Crippen LogP contribution in [-0.4, -0.2) is 21.3 Å². The van der Waals surface area contributed by atoms with Gasteiger partial charge in [-0.25, -0.2) is 24.4 Å². The lowest BCUT2D eigenvalue weighted by atomic mass is 10.5. The first-order valence-electron chi connectivity index (χ1n) is 3.48. The summed E-state index contributed by atoms with van der Waals surface area (Å²) < 4.78 is 1.03. The molecular weight excluding hydrogens is 160 g/mol. The van der Waals surface area contributed by atoms with Crippen LogP contribution in [0.25, 0.3) is 0 Å². The van der Waals surface area contributed by atoms with E-state index >= 15 is 0 Å². The Labute approximate surface area is 67.7 Å². The molecule has 1 aromatic rings. The summed E-state index contributed by atoms with van der Waals surface area (Å²) in [4.78, 5) is 21.7. The molecular formula is C6H10N4O2. The molecule has 0 atom stereocenters. The molecule has 0 bridgehead atoms. The highest BCUT2D eigenvalue weighted by atomic mass is 16.2. The molecule has 66 valence electrons. The van der Waals surface area contributed by atoms with Crippen molar-refractivity contribution in [2.75, 3.05) is 6.54 Å². The Kier molecular flexibility index (Phi) is 2.65. The first-order chi connectivity index (χ1) is 5.75. The van der Waals surface area contributed by atoms with Gasteiger partial charge in [0.25, 0.3) is 0 Å². The average Bonchev–Trinajstić information content (AvgIpc) is 2.35. The third-order valence-electron chi connectivity index (χ3n) is 1.36. The number of hydrogen-bond acceptors (Lipinski definition) is 3. The summed E-state index contributed by atoms with van der Waals surface area (Å²) in [6.07, 6.45) is 3.34. The monoisotopic (exact) mass is 170 g/mol. The zero-order valence-electron chi connectivity index (χ0n) is 6.41. The number of nitrogens with two attached hydrogens (primary N) is 1. The average molecular weight is 170 g/mol. The number of hydrogen-bond donors (Lipinski definition) is 3. The van der Waals surface area contributed by atoms with E-state index in [4.69, 9.17) is 5.73 Å². The van der Waals surface area contributed by atoms with Crippen LogP contribution in [0.4, 0.5) is 0 Å². The van der Waals surface area contributed by atoms with Crippen molar-refractivity contribution in [3.05, 3.63) is 33.1 Å². The maximum absolute atomic E-state index is 10.8. The van der Waals surface area contributed by atoms with Crippen LogP contribution >= 0.6 is 0 Å². The molecule has 0 saturated carbocycles. The molecule has 0 aliphatic carbocycles. The zero-order valence-corrected chi connectivity index (χ0v) is 6.41. The smallest absolute Gasteiger partial charge is 0.327 e. The fourth-order valence-electron chi connectivity index (χ4n) is 0.776. The predicted octanol–water partition coefficient (Wildman–Crippen LogP) is -1.62. The van der Waals surface area contributed by atoms with Gasteiger partial charge >= 0.3 is 11.4 Å². The van der Waals surface area contributed by atoms with Gasteiger partial charge in [0.2, 0.25) is 0 Å². The minimum Gasteiger partial charge on any atom is -0.327 e. The summed E-state index contributed by atoms with van der Waals surface area (Å²) >= 11 is 0. The molecule has 0 aliphatic heterocycles. The van der Waals surface area contributed by atoms with Crippen molar-refractivity contribution in [2.45, 2.75) is 6.54 Å². The van der Waals surface area contributed by atoms with Gasteiger partial charge in [-0.05, 0) is 0 Å². The van der Waals surface area contributed by atoms with Crippen LogP contribution in [0.3, 0.4) is 0 Å². The number of rotatable bonds is 3. The van der Waals surface area contributed by atoms with E-state index in [2.05, 4.69) is 10.2 Å². The molecule has 6 heteroatoms. The maximum atomic E-state index is 10.8. The molecule has 1 rings (SSSR count). The Morgan fingerprint density at radius 1 is 1.25 bits per heavy atom. The van der Waals surface area contributed by atoms with Crippen molar-refractivity contribution >= 4 is 0 Å². The lowest BCUT2D eigenvalue weighted by molar-refractivity contribution is 0.750. The lowest BCUT2D eigenvalue weighted by Crippen LogP contribution is -2.25. The van der Waals surface area contributed by atoms with Crippen LogP contribution in [0.5, 0.6) is 0 Å². The highest BCUT2D eigenvalue weighted by Gasteiger charge is 1.97. The van der Waals surface area contributed by atoms with Crippen molar-refractivity contribution in [3.8, 4) is 0 Å². The predicted molar refractivity (Wildman–Crippen MR) is 43.9 cm³/mol. The minimum atomic E-state index is -0.443. The fraction of sp³-hybridized carbons (Fsp3) is 0.333. The van der Waals surface area contributed by atoms with Gasteiger partial charge in [0.15, 0.2) is 0 Å². The molecule has 0 fully saturated rings. The molecule has 0 spiro atoms. The number of nitrogens with zero attached hydrogens (tertiary/aromatic N) is 1. The number of allylic oxidation sites excluding steroid dienone is 1. The van der Waals surface area contributed by atoms with E-state index in [1.807, 2.05) is 0 Å². The number of aromatic nitrogens is 3. The first kappa shape index (κ1) is 8.54.